The summed E-state index contributed by atoms with van der Waals surface area (Å²) >= 11 is 0. The lowest BCUT2D eigenvalue weighted by molar-refractivity contribution is -0.157. The van der Waals surface area contributed by atoms with E-state index in [1.54, 1.807) is 12.1 Å². The molecular weight excluding hydrogens is 454 g/mol. The first-order valence-corrected chi connectivity index (χ1v) is 12.4. The third-order valence-corrected chi connectivity index (χ3v) is 6.51. The number of hydrogen-bond donors (Lipinski definition) is 0. The minimum Gasteiger partial charge on any atom is -0.497 e. The van der Waals surface area contributed by atoms with Gasteiger partial charge in [-0.2, -0.15) is 0 Å². The Hall–Kier alpha value is -2.96. The third-order valence-electron chi connectivity index (χ3n) is 6.51. The van der Waals surface area contributed by atoms with Crippen molar-refractivity contribution in [3.8, 4) is 11.5 Å². The summed E-state index contributed by atoms with van der Waals surface area (Å²) in [5.41, 5.74) is 0.962. The number of hydrogen-bond acceptors (Lipinski definition) is 5. The highest BCUT2D eigenvalue weighted by molar-refractivity contribution is 5.91. The first-order valence-electron chi connectivity index (χ1n) is 12.4. The topological polar surface area (TPSA) is 61.8 Å². The minimum absolute atomic E-state index is 0.154. The number of aryl methyl sites for hydroxylation is 1. The molecule has 35 heavy (non-hydrogen) atoms. The molecule has 3 rings (SSSR count). The molecule has 190 valence electrons. The number of esters is 2. The molecule has 1 atom stereocenters. The SMILES string of the molecule is CCCC[C@H](F)C(=O)OC1CCC(CCc2ccc(OC(=O)c3ccc(OC)cc3F)cc2)CC1. The van der Waals surface area contributed by atoms with E-state index in [9.17, 15) is 18.4 Å². The van der Waals surface area contributed by atoms with E-state index in [0.29, 0.717) is 23.8 Å². The van der Waals surface area contributed by atoms with E-state index in [1.165, 1.54) is 19.2 Å². The van der Waals surface area contributed by atoms with E-state index in [2.05, 4.69) is 0 Å². The highest BCUT2D eigenvalue weighted by Gasteiger charge is 2.27. The number of unbranched alkanes of at least 4 members (excludes halogenated alkanes) is 1. The Labute approximate surface area is 205 Å². The van der Waals surface area contributed by atoms with Crippen LogP contribution < -0.4 is 9.47 Å². The van der Waals surface area contributed by atoms with Gasteiger partial charge in [-0.25, -0.2) is 18.4 Å². The van der Waals surface area contributed by atoms with E-state index < -0.39 is 23.9 Å². The van der Waals surface area contributed by atoms with Crippen LogP contribution in [0.25, 0.3) is 0 Å². The van der Waals surface area contributed by atoms with Crippen LogP contribution in [0.1, 0.15) is 74.2 Å². The maximum Gasteiger partial charge on any atom is 0.346 e. The molecule has 1 saturated carbocycles. The Morgan fingerprint density at radius 1 is 1.03 bits per heavy atom. The Balaban J connectivity index is 1.40. The molecule has 0 aromatic heterocycles. The van der Waals surface area contributed by atoms with Gasteiger partial charge in [-0.3, -0.25) is 0 Å². The number of rotatable bonds is 11. The van der Waals surface area contributed by atoms with E-state index in [4.69, 9.17) is 14.2 Å². The van der Waals surface area contributed by atoms with Crippen LogP contribution in [0.5, 0.6) is 11.5 Å². The standard InChI is InChI=1S/C28H34F2O5/c1-3-4-5-25(29)28(32)35-22-14-10-20(11-15-22)7-6-19-8-12-21(13-9-19)34-27(31)24-17-16-23(33-2)18-26(24)30/h8-9,12-13,16-18,20,22,25H,3-7,10-11,14-15H2,1-2H3/t20?,22?,25-/m0/s1. The summed E-state index contributed by atoms with van der Waals surface area (Å²) in [5.74, 6) is -0.967. The number of halogens is 2. The van der Waals surface area contributed by atoms with Gasteiger partial charge in [0.15, 0.2) is 6.17 Å². The number of carbonyl (C=O) groups is 2. The average Bonchev–Trinajstić information content (AvgIpc) is 2.87. The van der Waals surface area contributed by atoms with Crippen molar-refractivity contribution >= 4 is 11.9 Å². The normalized spacial score (nSPS) is 18.5. The minimum atomic E-state index is -1.51. The van der Waals surface area contributed by atoms with Crippen LogP contribution in [0.3, 0.4) is 0 Å². The monoisotopic (exact) mass is 488 g/mol. The molecule has 0 N–H and O–H groups in total. The maximum absolute atomic E-state index is 14.1. The zero-order valence-electron chi connectivity index (χ0n) is 20.4. The van der Waals surface area contributed by atoms with Gasteiger partial charge in [0.1, 0.15) is 23.4 Å². The molecular formula is C28H34F2O5. The molecule has 1 aliphatic rings. The summed E-state index contributed by atoms with van der Waals surface area (Å²) in [6.07, 6.45) is 5.42. The summed E-state index contributed by atoms with van der Waals surface area (Å²) in [7, 11) is 1.42. The van der Waals surface area contributed by atoms with Gasteiger partial charge in [-0.05, 0) is 80.7 Å². The average molecular weight is 489 g/mol. The van der Waals surface area contributed by atoms with E-state index in [1.807, 2.05) is 19.1 Å². The predicted molar refractivity (Wildman–Crippen MR) is 129 cm³/mol. The van der Waals surface area contributed by atoms with Gasteiger partial charge in [0.2, 0.25) is 0 Å². The summed E-state index contributed by atoms with van der Waals surface area (Å²) in [6.45, 7) is 1.97. The largest absolute Gasteiger partial charge is 0.497 e. The van der Waals surface area contributed by atoms with E-state index >= 15 is 0 Å². The van der Waals surface area contributed by atoms with Gasteiger partial charge >= 0.3 is 11.9 Å². The maximum atomic E-state index is 14.1. The second-order valence-electron chi connectivity index (χ2n) is 9.11. The molecule has 0 amide bonds. The van der Waals surface area contributed by atoms with Crippen molar-refractivity contribution in [2.24, 2.45) is 5.92 Å². The summed E-state index contributed by atoms with van der Waals surface area (Å²) < 4.78 is 43.5. The second kappa shape index (κ2) is 13.2. The van der Waals surface area contributed by atoms with Crippen LogP contribution in [-0.2, 0) is 16.0 Å². The first-order chi connectivity index (χ1) is 16.9. The van der Waals surface area contributed by atoms with Gasteiger partial charge in [-0.15, -0.1) is 0 Å². The summed E-state index contributed by atoms with van der Waals surface area (Å²) in [4.78, 5) is 24.1. The fourth-order valence-electron chi connectivity index (χ4n) is 4.32. The Kier molecular flexibility index (Phi) is 10.1. The molecule has 1 aliphatic carbocycles. The molecule has 0 radical (unpaired) electrons. The number of benzene rings is 2. The summed E-state index contributed by atoms with van der Waals surface area (Å²) in [6, 6.07) is 11.2. The fourth-order valence-corrected chi connectivity index (χ4v) is 4.32. The van der Waals surface area contributed by atoms with Gasteiger partial charge in [0.25, 0.3) is 0 Å². The third kappa shape index (κ3) is 8.05. The highest BCUT2D eigenvalue weighted by atomic mass is 19.1. The van der Waals surface area contributed by atoms with Crippen molar-refractivity contribution in [1.82, 2.24) is 0 Å². The number of carbonyl (C=O) groups excluding carboxylic acids is 2. The lowest BCUT2D eigenvalue weighted by Crippen LogP contribution is -2.29. The van der Waals surface area contributed by atoms with Crippen LogP contribution in [-0.4, -0.2) is 31.3 Å². The molecule has 0 heterocycles. The Bertz CT molecular complexity index is 968. The molecule has 0 unspecified atom stereocenters. The quantitative estimate of drug-likeness (QED) is 0.263. The van der Waals surface area contributed by atoms with Gasteiger partial charge in [0.05, 0.1) is 12.7 Å². The van der Waals surface area contributed by atoms with Gasteiger partial charge in [-0.1, -0.05) is 31.9 Å². The number of methoxy groups -OCH3 is 1. The van der Waals surface area contributed by atoms with Crippen molar-refractivity contribution in [2.45, 2.75) is 77.0 Å². The molecule has 0 spiro atoms. The van der Waals surface area contributed by atoms with Crippen LogP contribution in [0.4, 0.5) is 8.78 Å². The second-order valence-corrected chi connectivity index (χ2v) is 9.11. The molecule has 0 saturated heterocycles. The zero-order chi connectivity index (χ0) is 25.2. The van der Waals surface area contributed by atoms with Crippen LogP contribution >= 0.6 is 0 Å². The van der Waals surface area contributed by atoms with Crippen molar-refractivity contribution in [3.63, 3.8) is 0 Å². The smallest absolute Gasteiger partial charge is 0.346 e. The van der Waals surface area contributed by atoms with Crippen LogP contribution in [0.2, 0.25) is 0 Å². The van der Waals surface area contributed by atoms with Crippen molar-refractivity contribution in [3.05, 3.63) is 59.4 Å². The van der Waals surface area contributed by atoms with Crippen LogP contribution in [0, 0.1) is 11.7 Å². The number of ether oxygens (including phenoxy) is 3. The molecule has 1 fully saturated rings. The fraction of sp³-hybridized carbons (Fsp3) is 0.500. The van der Waals surface area contributed by atoms with Gasteiger partial charge < -0.3 is 14.2 Å². The lowest BCUT2D eigenvalue weighted by Gasteiger charge is -2.28. The Morgan fingerprint density at radius 3 is 2.34 bits per heavy atom. The molecule has 2 aromatic carbocycles. The van der Waals surface area contributed by atoms with E-state index in [-0.39, 0.29) is 18.1 Å². The number of alkyl halides is 1. The van der Waals surface area contributed by atoms with Crippen molar-refractivity contribution in [1.29, 1.82) is 0 Å². The molecule has 0 bridgehead atoms. The molecule has 5 nitrogen and oxygen atoms in total. The summed E-state index contributed by atoms with van der Waals surface area (Å²) in [5, 5.41) is 0. The van der Waals surface area contributed by atoms with Crippen LogP contribution in [0.15, 0.2) is 42.5 Å². The van der Waals surface area contributed by atoms with Gasteiger partial charge in [0, 0.05) is 6.07 Å². The first kappa shape index (κ1) is 26.6. The van der Waals surface area contributed by atoms with Crippen molar-refractivity contribution in [2.75, 3.05) is 7.11 Å². The van der Waals surface area contributed by atoms with E-state index in [0.717, 1.165) is 56.6 Å². The van der Waals surface area contributed by atoms with Crippen molar-refractivity contribution < 1.29 is 32.6 Å². The molecule has 0 aliphatic heterocycles. The highest BCUT2D eigenvalue weighted by Crippen LogP contribution is 2.30. The molecule has 7 heteroatoms. The Morgan fingerprint density at radius 2 is 1.71 bits per heavy atom. The zero-order valence-corrected chi connectivity index (χ0v) is 20.4. The lowest BCUT2D eigenvalue weighted by atomic mass is 9.83. The predicted octanol–water partition coefficient (Wildman–Crippen LogP) is 6.62. The molecule has 2 aromatic rings.